The number of nitrogens with two attached hydrogens (primary N) is 1. The van der Waals surface area contributed by atoms with Gasteiger partial charge in [-0.3, -0.25) is 0 Å². The van der Waals surface area contributed by atoms with Crippen LogP contribution in [0, 0.1) is 0 Å². The molecule has 0 bridgehead atoms. The molecule has 0 radical (unpaired) electrons. The molecule has 0 aliphatic carbocycles. The van der Waals surface area contributed by atoms with Crippen LogP contribution in [-0.2, 0) is 4.84 Å². The van der Waals surface area contributed by atoms with Gasteiger partial charge in [-0.2, -0.15) is 0 Å². The average molecular weight is 330 g/mol. The summed E-state index contributed by atoms with van der Waals surface area (Å²) in [5, 5.41) is 3.66. The Bertz CT molecular complexity index is 741. The summed E-state index contributed by atoms with van der Waals surface area (Å²) < 4.78 is 15.3. The van der Waals surface area contributed by atoms with E-state index >= 15 is 0 Å². The zero-order valence-electron chi connectivity index (χ0n) is 13.6. The summed E-state index contributed by atoms with van der Waals surface area (Å²) in [5.41, 5.74) is 6.67. The molecule has 0 aromatic heterocycles. The van der Waals surface area contributed by atoms with E-state index in [0.717, 1.165) is 0 Å². The lowest BCUT2D eigenvalue weighted by Crippen LogP contribution is -2.15. The fourth-order valence-corrected chi connectivity index (χ4v) is 1.92. The molecule has 0 saturated heterocycles. The maximum atomic E-state index is 12.0. The third kappa shape index (κ3) is 3.95. The number of nitrogens with zero attached hydrogens (tertiary/aromatic N) is 1. The number of amidine groups is 1. The number of oxime groups is 1. The molecule has 0 saturated carbocycles. The lowest BCUT2D eigenvalue weighted by atomic mass is 10.2. The molecule has 2 rings (SSSR count). The Morgan fingerprint density at radius 3 is 2.08 bits per heavy atom. The molecule has 7 heteroatoms. The lowest BCUT2D eigenvalue weighted by molar-refractivity contribution is 0.0515. The van der Waals surface area contributed by atoms with Crippen molar-refractivity contribution in [3.8, 4) is 17.2 Å². The summed E-state index contributed by atoms with van der Waals surface area (Å²) in [6.45, 7) is 0. The van der Waals surface area contributed by atoms with Crippen molar-refractivity contribution >= 4 is 11.8 Å². The number of methoxy groups -OCH3 is 3. The summed E-state index contributed by atoms with van der Waals surface area (Å²) in [6, 6.07) is 11.5. The van der Waals surface area contributed by atoms with Gasteiger partial charge in [0, 0.05) is 5.56 Å². The minimum Gasteiger partial charge on any atom is -0.497 e. The summed E-state index contributed by atoms with van der Waals surface area (Å²) in [5.74, 6) is 1.03. The molecule has 126 valence electrons. The van der Waals surface area contributed by atoms with E-state index in [4.69, 9.17) is 24.8 Å². The third-order valence-electron chi connectivity index (χ3n) is 3.23. The number of carbonyl (C=O) groups excluding carboxylic acids is 1. The number of benzene rings is 2. The number of ether oxygens (including phenoxy) is 3. The molecule has 7 nitrogen and oxygen atoms in total. The molecule has 0 amide bonds. The van der Waals surface area contributed by atoms with Gasteiger partial charge in [-0.15, -0.1) is 0 Å². The van der Waals surface area contributed by atoms with Gasteiger partial charge in [0.1, 0.15) is 5.75 Å². The average Bonchev–Trinajstić information content (AvgIpc) is 2.65. The molecule has 0 aliphatic heterocycles. The molecule has 0 fully saturated rings. The summed E-state index contributed by atoms with van der Waals surface area (Å²) in [4.78, 5) is 16.9. The topological polar surface area (TPSA) is 92.4 Å². The normalized spacial score (nSPS) is 10.9. The van der Waals surface area contributed by atoms with Crippen molar-refractivity contribution in [2.75, 3.05) is 21.3 Å². The van der Waals surface area contributed by atoms with Crippen LogP contribution in [0.15, 0.2) is 47.6 Å². The van der Waals surface area contributed by atoms with Crippen molar-refractivity contribution in [1.82, 2.24) is 0 Å². The Morgan fingerprint density at radius 1 is 0.875 bits per heavy atom. The largest absolute Gasteiger partial charge is 0.497 e. The molecular formula is C17H18N2O5. The minimum atomic E-state index is -0.660. The van der Waals surface area contributed by atoms with Gasteiger partial charge in [0.15, 0.2) is 17.3 Å². The van der Waals surface area contributed by atoms with Crippen LogP contribution in [-0.4, -0.2) is 33.1 Å². The van der Waals surface area contributed by atoms with Gasteiger partial charge >= 0.3 is 5.97 Å². The number of hydrogen-bond acceptors (Lipinski definition) is 6. The summed E-state index contributed by atoms with van der Waals surface area (Å²) >= 11 is 0. The Kier molecular flexibility index (Phi) is 5.62. The van der Waals surface area contributed by atoms with E-state index in [1.165, 1.54) is 20.3 Å². The molecular weight excluding hydrogens is 312 g/mol. The Hall–Kier alpha value is -3.22. The van der Waals surface area contributed by atoms with Crippen LogP contribution >= 0.6 is 0 Å². The van der Waals surface area contributed by atoms with Crippen molar-refractivity contribution in [3.05, 3.63) is 53.6 Å². The van der Waals surface area contributed by atoms with Gasteiger partial charge in [-0.25, -0.2) is 4.79 Å². The highest BCUT2D eigenvalue weighted by Crippen LogP contribution is 2.27. The quantitative estimate of drug-likeness (QED) is 0.378. The van der Waals surface area contributed by atoms with Crippen molar-refractivity contribution < 1.29 is 23.8 Å². The minimum absolute atomic E-state index is 0.0754. The van der Waals surface area contributed by atoms with Gasteiger partial charge in [-0.05, 0) is 42.5 Å². The second kappa shape index (κ2) is 7.87. The summed E-state index contributed by atoms with van der Waals surface area (Å²) in [7, 11) is 4.56. The first-order valence-corrected chi connectivity index (χ1v) is 7.00. The van der Waals surface area contributed by atoms with Crippen molar-refractivity contribution in [3.63, 3.8) is 0 Å². The molecule has 0 aliphatic rings. The van der Waals surface area contributed by atoms with E-state index in [1.54, 1.807) is 43.5 Å². The first-order valence-electron chi connectivity index (χ1n) is 7.00. The van der Waals surface area contributed by atoms with Gasteiger partial charge in [0.2, 0.25) is 0 Å². The number of hydrogen-bond donors (Lipinski definition) is 1. The molecule has 0 atom stereocenters. The number of rotatable bonds is 6. The van der Waals surface area contributed by atoms with Gasteiger partial charge < -0.3 is 24.8 Å². The van der Waals surface area contributed by atoms with Crippen LogP contribution in [0.5, 0.6) is 17.2 Å². The predicted molar refractivity (Wildman–Crippen MR) is 88.7 cm³/mol. The Labute approximate surface area is 139 Å². The van der Waals surface area contributed by atoms with Crippen LogP contribution in [0.4, 0.5) is 0 Å². The van der Waals surface area contributed by atoms with Gasteiger partial charge in [0.05, 0.1) is 26.9 Å². The van der Waals surface area contributed by atoms with Crippen molar-refractivity contribution in [2.24, 2.45) is 10.9 Å². The van der Waals surface area contributed by atoms with E-state index in [-0.39, 0.29) is 11.4 Å². The second-order valence-electron chi connectivity index (χ2n) is 4.65. The Balaban J connectivity index is 2.10. The zero-order chi connectivity index (χ0) is 17.5. The van der Waals surface area contributed by atoms with Crippen LogP contribution in [0.3, 0.4) is 0 Å². The van der Waals surface area contributed by atoms with Gasteiger partial charge in [-0.1, -0.05) is 5.16 Å². The molecule has 0 heterocycles. The molecule has 0 unspecified atom stereocenters. The van der Waals surface area contributed by atoms with E-state index in [9.17, 15) is 4.79 Å². The van der Waals surface area contributed by atoms with Crippen LogP contribution in [0.25, 0.3) is 0 Å². The molecule has 2 N–H and O–H groups in total. The van der Waals surface area contributed by atoms with Crippen molar-refractivity contribution in [2.45, 2.75) is 0 Å². The predicted octanol–water partition coefficient (Wildman–Crippen LogP) is 2.19. The monoisotopic (exact) mass is 330 g/mol. The Morgan fingerprint density at radius 2 is 1.50 bits per heavy atom. The first kappa shape index (κ1) is 17.1. The van der Waals surface area contributed by atoms with Crippen LogP contribution in [0.1, 0.15) is 15.9 Å². The van der Waals surface area contributed by atoms with E-state index in [1.807, 2.05) is 0 Å². The van der Waals surface area contributed by atoms with Crippen LogP contribution in [0.2, 0.25) is 0 Å². The van der Waals surface area contributed by atoms with E-state index in [0.29, 0.717) is 22.8 Å². The fraction of sp³-hybridized carbons (Fsp3) is 0.176. The highest BCUT2D eigenvalue weighted by Gasteiger charge is 2.12. The molecule has 24 heavy (non-hydrogen) atoms. The second-order valence-corrected chi connectivity index (χ2v) is 4.65. The number of carbonyl (C=O) groups is 1. The highest BCUT2D eigenvalue weighted by atomic mass is 16.7. The van der Waals surface area contributed by atoms with E-state index < -0.39 is 5.97 Å². The van der Waals surface area contributed by atoms with E-state index in [2.05, 4.69) is 5.16 Å². The lowest BCUT2D eigenvalue weighted by Gasteiger charge is -2.08. The molecule has 2 aromatic carbocycles. The molecule has 0 spiro atoms. The highest BCUT2D eigenvalue weighted by molar-refractivity contribution is 5.98. The third-order valence-corrected chi connectivity index (χ3v) is 3.23. The molecule has 2 aromatic rings. The standard InChI is InChI=1S/C17H18N2O5/c1-21-13-7-4-11(5-8-13)16(18)19-24-17(20)12-6-9-14(22-2)15(10-12)23-3/h4-10H,1-3H3,(H2,18,19). The maximum Gasteiger partial charge on any atom is 0.365 e. The summed E-state index contributed by atoms with van der Waals surface area (Å²) in [6.07, 6.45) is 0. The first-order chi connectivity index (χ1) is 11.6. The smallest absolute Gasteiger partial charge is 0.365 e. The fourth-order valence-electron chi connectivity index (χ4n) is 1.92. The maximum absolute atomic E-state index is 12.0. The van der Waals surface area contributed by atoms with Crippen molar-refractivity contribution in [1.29, 1.82) is 0 Å². The SMILES string of the molecule is COc1ccc(/C(N)=N/OC(=O)c2ccc(OC)c(OC)c2)cc1. The van der Waals surface area contributed by atoms with Gasteiger partial charge in [0.25, 0.3) is 0 Å². The van der Waals surface area contributed by atoms with Crippen LogP contribution < -0.4 is 19.9 Å². The zero-order valence-corrected chi connectivity index (χ0v) is 13.6.